The van der Waals surface area contributed by atoms with Gasteiger partial charge in [0.25, 0.3) is 0 Å². The van der Waals surface area contributed by atoms with E-state index in [4.69, 9.17) is 15.2 Å². The van der Waals surface area contributed by atoms with Crippen molar-refractivity contribution in [1.29, 1.82) is 0 Å². The van der Waals surface area contributed by atoms with E-state index in [-0.39, 0.29) is 6.61 Å². The van der Waals surface area contributed by atoms with Crippen molar-refractivity contribution in [3.8, 4) is 5.88 Å². The van der Waals surface area contributed by atoms with E-state index in [9.17, 15) is 4.79 Å². The van der Waals surface area contributed by atoms with E-state index in [1.165, 1.54) is 7.11 Å². The Labute approximate surface area is 112 Å². The average molecular weight is 317 g/mol. The fourth-order valence-electron chi connectivity index (χ4n) is 1.70. The predicted octanol–water partition coefficient (Wildman–Crippen LogP) is -0.0618. The molecule has 8 heteroatoms. The lowest BCUT2D eigenvalue weighted by molar-refractivity contribution is -0.121. The molecule has 2 N–H and O–H groups in total. The van der Waals surface area contributed by atoms with E-state index in [0.717, 1.165) is 0 Å². The Kier molecular flexibility index (Phi) is 3.97. The lowest BCUT2D eigenvalue weighted by Crippen LogP contribution is -2.53. The summed E-state index contributed by atoms with van der Waals surface area (Å²) in [7, 11) is 1.52. The van der Waals surface area contributed by atoms with Crippen LogP contribution in [0.1, 0.15) is 0 Å². The Bertz CT molecular complexity index is 457. The summed E-state index contributed by atoms with van der Waals surface area (Å²) >= 11 is 3.27. The van der Waals surface area contributed by atoms with Gasteiger partial charge in [0.05, 0.1) is 31.0 Å². The topological polar surface area (TPSA) is 90.6 Å². The Morgan fingerprint density at radius 3 is 3.17 bits per heavy atom. The normalized spacial score (nSPS) is 19.7. The second kappa shape index (κ2) is 5.49. The van der Waals surface area contributed by atoms with E-state index in [0.29, 0.717) is 29.5 Å². The summed E-state index contributed by atoms with van der Waals surface area (Å²) < 4.78 is 11.0. The first-order valence-electron chi connectivity index (χ1n) is 5.33. The van der Waals surface area contributed by atoms with Gasteiger partial charge in [-0.3, -0.25) is 4.79 Å². The lowest BCUT2D eigenvalue weighted by atomic mass is 10.2. The van der Waals surface area contributed by atoms with Gasteiger partial charge in [-0.2, -0.15) is 4.98 Å². The molecule has 2 heterocycles. The number of nitrogens with two attached hydrogens (primary N) is 1. The number of morpholine rings is 1. The number of rotatable bonds is 3. The third-order valence-electron chi connectivity index (χ3n) is 2.61. The Hall–Kier alpha value is -1.41. The molecule has 1 fully saturated rings. The number of carbonyl (C=O) groups excluding carboxylic acids is 1. The first-order valence-corrected chi connectivity index (χ1v) is 6.13. The fraction of sp³-hybridized carbons (Fsp3) is 0.500. The number of hydrogen-bond donors (Lipinski definition) is 1. The number of aromatic nitrogens is 2. The molecule has 0 radical (unpaired) electrons. The molecular formula is C10H13BrN4O3. The standard InChI is InChI=1S/C10H13BrN4O3/c1-17-9-6(11)4-13-10(14-9)15-2-3-18-5-7(15)8(12)16/h4,7H,2-3,5H2,1H3,(H2,12,16). The highest BCUT2D eigenvalue weighted by Crippen LogP contribution is 2.24. The molecule has 0 saturated carbocycles. The van der Waals surface area contributed by atoms with Crippen LogP contribution in [-0.2, 0) is 9.53 Å². The van der Waals surface area contributed by atoms with Gasteiger partial charge >= 0.3 is 0 Å². The van der Waals surface area contributed by atoms with Gasteiger partial charge in [0.1, 0.15) is 6.04 Å². The minimum Gasteiger partial charge on any atom is -0.480 e. The molecule has 1 aromatic rings. The molecule has 1 atom stereocenters. The number of methoxy groups -OCH3 is 1. The predicted molar refractivity (Wildman–Crippen MR) is 67.4 cm³/mol. The molecule has 98 valence electrons. The molecule has 0 spiro atoms. The Morgan fingerprint density at radius 1 is 1.72 bits per heavy atom. The number of amides is 1. The summed E-state index contributed by atoms with van der Waals surface area (Å²) in [4.78, 5) is 21.5. The summed E-state index contributed by atoms with van der Waals surface area (Å²) in [5, 5.41) is 0. The van der Waals surface area contributed by atoms with Gasteiger partial charge in [-0.15, -0.1) is 0 Å². The van der Waals surface area contributed by atoms with Gasteiger partial charge in [-0.25, -0.2) is 4.98 Å². The second-order valence-electron chi connectivity index (χ2n) is 3.71. The number of nitrogens with zero attached hydrogens (tertiary/aromatic N) is 3. The number of ether oxygens (including phenoxy) is 2. The van der Waals surface area contributed by atoms with Crippen molar-refractivity contribution in [2.24, 2.45) is 5.73 Å². The monoisotopic (exact) mass is 316 g/mol. The molecule has 18 heavy (non-hydrogen) atoms. The van der Waals surface area contributed by atoms with E-state index < -0.39 is 11.9 Å². The minimum atomic E-state index is -0.551. The van der Waals surface area contributed by atoms with Crippen LogP contribution in [-0.4, -0.2) is 48.8 Å². The number of hydrogen-bond acceptors (Lipinski definition) is 6. The van der Waals surface area contributed by atoms with Crippen LogP contribution in [0.5, 0.6) is 5.88 Å². The molecule has 1 aromatic heterocycles. The van der Waals surface area contributed by atoms with Crippen LogP contribution < -0.4 is 15.4 Å². The number of carbonyl (C=O) groups is 1. The van der Waals surface area contributed by atoms with Crippen LogP contribution in [0.15, 0.2) is 10.7 Å². The zero-order valence-corrected chi connectivity index (χ0v) is 11.4. The minimum absolute atomic E-state index is 0.247. The zero-order valence-electron chi connectivity index (χ0n) is 9.80. The maximum absolute atomic E-state index is 11.4. The van der Waals surface area contributed by atoms with Gasteiger partial charge < -0.3 is 20.1 Å². The first-order chi connectivity index (χ1) is 8.63. The van der Waals surface area contributed by atoms with Gasteiger partial charge in [0.15, 0.2) is 0 Å². The van der Waals surface area contributed by atoms with Crippen molar-refractivity contribution in [1.82, 2.24) is 9.97 Å². The molecule has 1 amide bonds. The quantitative estimate of drug-likeness (QED) is 0.840. The molecule has 1 aliphatic rings. The summed E-state index contributed by atoms with van der Waals surface area (Å²) in [6.45, 7) is 1.26. The van der Waals surface area contributed by atoms with E-state index in [2.05, 4.69) is 25.9 Å². The molecule has 1 unspecified atom stereocenters. The van der Waals surface area contributed by atoms with Crippen molar-refractivity contribution in [2.45, 2.75) is 6.04 Å². The van der Waals surface area contributed by atoms with E-state index in [1.807, 2.05) is 0 Å². The third-order valence-corrected chi connectivity index (χ3v) is 3.15. The number of anilines is 1. The summed E-state index contributed by atoms with van der Waals surface area (Å²) in [5.41, 5.74) is 5.34. The van der Waals surface area contributed by atoms with Gasteiger partial charge in [-0.05, 0) is 15.9 Å². The molecule has 0 aromatic carbocycles. The van der Waals surface area contributed by atoms with Crippen LogP contribution in [0.25, 0.3) is 0 Å². The number of halogens is 1. The Morgan fingerprint density at radius 2 is 2.50 bits per heavy atom. The number of primary amides is 1. The van der Waals surface area contributed by atoms with E-state index >= 15 is 0 Å². The molecule has 2 rings (SSSR count). The van der Waals surface area contributed by atoms with Crippen LogP contribution in [0.2, 0.25) is 0 Å². The van der Waals surface area contributed by atoms with Crippen LogP contribution in [0.3, 0.4) is 0 Å². The maximum atomic E-state index is 11.4. The van der Waals surface area contributed by atoms with Crippen molar-refractivity contribution in [3.63, 3.8) is 0 Å². The van der Waals surface area contributed by atoms with Gasteiger partial charge in [0, 0.05) is 6.54 Å². The van der Waals surface area contributed by atoms with Gasteiger partial charge in [-0.1, -0.05) is 0 Å². The highest BCUT2D eigenvalue weighted by atomic mass is 79.9. The zero-order chi connectivity index (χ0) is 13.1. The summed E-state index contributed by atoms with van der Waals surface area (Å²) in [6, 6.07) is -0.551. The van der Waals surface area contributed by atoms with Crippen LogP contribution in [0.4, 0.5) is 5.95 Å². The third kappa shape index (κ3) is 2.54. The van der Waals surface area contributed by atoms with Crippen LogP contribution in [0, 0.1) is 0 Å². The molecular weight excluding hydrogens is 304 g/mol. The van der Waals surface area contributed by atoms with Crippen molar-refractivity contribution >= 4 is 27.8 Å². The molecule has 0 bridgehead atoms. The highest BCUT2D eigenvalue weighted by molar-refractivity contribution is 9.10. The molecule has 1 aliphatic heterocycles. The second-order valence-corrected chi connectivity index (χ2v) is 4.57. The SMILES string of the molecule is COc1nc(N2CCOCC2C(N)=O)ncc1Br. The molecule has 0 aliphatic carbocycles. The lowest BCUT2D eigenvalue weighted by Gasteiger charge is -2.33. The Balaban J connectivity index is 2.30. The summed E-state index contributed by atoms with van der Waals surface area (Å²) in [5.74, 6) is 0.358. The highest BCUT2D eigenvalue weighted by Gasteiger charge is 2.30. The molecule has 1 saturated heterocycles. The van der Waals surface area contributed by atoms with Crippen LogP contribution >= 0.6 is 15.9 Å². The van der Waals surface area contributed by atoms with Gasteiger partial charge in [0.2, 0.25) is 17.7 Å². The molecule has 7 nitrogen and oxygen atoms in total. The first kappa shape index (κ1) is 13.0. The maximum Gasteiger partial charge on any atom is 0.242 e. The van der Waals surface area contributed by atoms with E-state index in [1.54, 1.807) is 11.1 Å². The van der Waals surface area contributed by atoms with Crippen molar-refractivity contribution < 1.29 is 14.3 Å². The summed E-state index contributed by atoms with van der Waals surface area (Å²) in [6.07, 6.45) is 1.58. The van der Waals surface area contributed by atoms with Crippen molar-refractivity contribution in [2.75, 3.05) is 31.8 Å². The average Bonchev–Trinajstić information content (AvgIpc) is 2.39. The fourth-order valence-corrected chi connectivity index (χ4v) is 2.06. The van der Waals surface area contributed by atoms with Crippen molar-refractivity contribution in [3.05, 3.63) is 10.7 Å². The largest absolute Gasteiger partial charge is 0.480 e. The smallest absolute Gasteiger partial charge is 0.242 e.